The molecule has 0 saturated heterocycles. The van der Waals surface area contributed by atoms with E-state index in [9.17, 15) is 10.1 Å². The lowest BCUT2D eigenvalue weighted by Gasteiger charge is -2.02. The molecule has 0 aliphatic carbocycles. The Labute approximate surface area is 116 Å². The van der Waals surface area contributed by atoms with Gasteiger partial charge in [0.15, 0.2) is 0 Å². The number of nitro groups is 1. The van der Waals surface area contributed by atoms with Crippen LogP contribution in [0.4, 0.5) is 5.69 Å². The molecule has 0 fully saturated rings. The van der Waals surface area contributed by atoms with Crippen molar-refractivity contribution < 1.29 is 4.92 Å². The number of hydrogen-bond donors (Lipinski definition) is 2. The first-order valence-electron chi connectivity index (χ1n) is 5.98. The standard InChI is InChI=1S/C15H13N3O2/c16-15(13-4-2-1-3-5-13)17-11-10-12-6-8-14(9-7-12)18(19)20/h1-11H,(H2,16,17)/b11-10+. The van der Waals surface area contributed by atoms with E-state index < -0.39 is 4.92 Å². The second kappa shape index (κ2) is 6.29. The van der Waals surface area contributed by atoms with Gasteiger partial charge in [-0.15, -0.1) is 0 Å². The molecule has 2 rings (SSSR count). The second-order valence-electron chi connectivity index (χ2n) is 4.07. The number of amidine groups is 1. The molecule has 5 heteroatoms. The van der Waals surface area contributed by atoms with Gasteiger partial charge in [0.1, 0.15) is 5.84 Å². The normalized spacial score (nSPS) is 10.4. The van der Waals surface area contributed by atoms with Crippen molar-refractivity contribution in [3.05, 3.63) is 82.0 Å². The van der Waals surface area contributed by atoms with Crippen LogP contribution < -0.4 is 5.32 Å². The first-order chi connectivity index (χ1) is 9.66. The molecular weight excluding hydrogens is 254 g/mol. The lowest BCUT2D eigenvalue weighted by Crippen LogP contribution is -2.16. The SMILES string of the molecule is N=C(N/C=C/c1ccc([N+](=O)[O-])cc1)c1ccccc1. The number of benzene rings is 2. The molecule has 0 aliphatic rings. The Hall–Kier alpha value is -2.95. The Kier molecular flexibility index (Phi) is 4.24. The van der Waals surface area contributed by atoms with Crippen LogP contribution >= 0.6 is 0 Å². The van der Waals surface area contributed by atoms with E-state index >= 15 is 0 Å². The van der Waals surface area contributed by atoms with Crippen LogP contribution in [0.1, 0.15) is 11.1 Å². The number of nitrogens with zero attached hydrogens (tertiary/aromatic N) is 1. The highest BCUT2D eigenvalue weighted by Crippen LogP contribution is 2.12. The maximum atomic E-state index is 10.5. The summed E-state index contributed by atoms with van der Waals surface area (Å²) in [4.78, 5) is 10.1. The van der Waals surface area contributed by atoms with E-state index in [0.717, 1.165) is 11.1 Å². The van der Waals surface area contributed by atoms with Gasteiger partial charge in [0, 0.05) is 23.9 Å². The summed E-state index contributed by atoms with van der Waals surface area (Å²) in [5.74, 6) is 0.295. The summed E-state index contributed by atoms with van der Waals surface area (Å²) in [5, 5.41) is 21.2. The van der Waals surface area contributed by atoms with Crippen molar-refractivity contribution in [2.45, 2.75) is 0 Å². The van der Waals surface area contributed by atoms with Crippen molar-refractivity contribution in [2.24, 2.45) is 0 Å². The molecule has 2 aromatic carbocycles. The minimum atomic E-state index is -0.434. The number of nitrogens with one attached hydrogen (secondary N) is 2. The van der Waals surface area contributed by atoms with E-state index in [1.165, 1.54) is 12.1 Å². The molecule has 5 nitrogen and oxygen atoms in total. The smallest absolute Gasteiger partial charge is 0.269 e. The molecule has 100 valence electrons. The first kappa shape index (κ1) is 13.5. The quantitative estimate of drug-likeness (QED) is 0.386. The van der Waals surface area contributed by atoms with E-state index in [2.05, 4.69) is 5.32 Å². The molecule has 0 atom stereocenters. The third-order valence-electron chi connectivity index (χ3n) is 2.67. The summed E-state index contributed by atoms with van der Waals surface area (Å²) >= 11 is 0. The van der Waals surface area contributed by atoms with Crippen molar-refractivity contribution in [3.8, 4) is 0 Å². The van der Waals surface area contributed by atoms with Gasteiger partial charge in [0.25, 0.3) is 5.69 Å². The summed E-state index contributed by atoms with van der Waals surface area (Å²) in [5.41, 5.74) is 1.68. The van der Waals surface area contributed by atoms with Crippen molar-refractivity contribution >= 4 is 17.6 Å². The van der Waals surface area contributed by atoms with Crippen LogP contribution in [0.15, 0.2) is 60.8 Å². The molecule has 0 amide bonds. The second-order valence-corrected chi connectivity index (χ2v) is 4.07. The van der Waals surface area contributed by atoms with Crippen molar-refractivity contribution in [2.75, 3.05) is 0 Å². The average molecular weight is 267 g/mol. The fourth-order valence-corrected chi connectivity index (χ4v) is 1.62. The van der Waals surface area contributed by atoms with Gasteiger partial charge in [0.2, 0.25) is 0 Å². The van der Waals surface area contributed by atoms with Gasteiger partial charge in [-0.3, -0.25) is 15.5 Å². The first-order valence-corrected chi connectivity index (χ1v) is 5.98. The highest BCUT2D eigenvalue weighted by atomic mass is 16.6. The monoisotopic (exact) mass is 267 g/mol. The number of rotatable bonds is 4. The molecule has 0 aliphatic heterocycles. The summed E-state index contributed by atoms with van der Waals surface area (Å²) in [6.45, 7) is 0. The zero-order valence-electron chi connectivity index (χ0n) is 10.6. The van der Waals surface area contributed by atoms with Gasteiger partial charge in [-0.25, -0.2) is 0 Å². The highest BCUT2D eigenvalue weighted by Gasteiger charge is 2.02. The Balaban J connectivity index is 1.96. The Morgan fingerprint density at radius 2 is 1.75 bits per heavy atom. The minimum absolute atomic E-state index is 0.0622. The van der Waals surface area contributed by atoms with Crippen LogP contribution in [0.5, 0.6) is 0 Å². The number of non-ortho nitro benzene ring substituents is 1. The fraction of sp³-hybridized carbons (Fsp3) is 0. The molecule has 0 radical (unpaired) electrons. The lowest BCUT2D eigenvalue weighted by atomic mass is 10.2. The van der Waals surface area contributed by atoms with Crippen LogP contribution in [0.3, 0.4) is 0 Å². The summed E-state index contributed by atoms with van der Waals surface area (Å²) < 4.78 is 0. The molecule has 20 heavy (non-hydrogen) atoms. The van der Waals surface area contributed by atoms with E-state index in [4.69, 9.17) is 5.41 Å². The molecule has 0 unspecified atom stereocenters. The molecule has 2 N–H and O–H groups in total. The van der Waals surface area contributed by atoms with Gasteiger partial charge < -0.3 is 5.32 Å². The van der Waals surface area contributed by atoms with Crippen LogP contribution in [0.25, 0.3) is 6.08 Å². The van der Waals surface area contributed by atoms with Crippen LogP contribution in [0, 0.1) is 15.5 Å². The Bertz CT molecular complexity index is 634. The zero-order chi connectivity index (χ0) is 14.4. The molecule has 0 bridgehead atoms. The van der Waals surface area contributed by atoms with Crippen molar-refractivity contribution in [3.63, 3.8) is 0 Å². The van der Waals surface area contributed by atoms with E-state index in [-0.39, 0.29) is 5.69 Å². The molecule has 0 heterocycles. The lowest BCUT2D eigenvalue weighted by molar-refractivity contribution is -0.384. The molecule has 0 aromatic heterocycles. The van der Waals surface area contributed by atoms with Gasteiger partial charge in [-0.05, 0) is 23.8 Å². The maximum Gasteiger partial charge on any atom is 0.269 e. The molecule has 0 spiro atoms. The molecular formula is C15H13N3O2. The van der Waals surface area contributed by atoms with Crippen LogP contribution in [0.2, 0.25) is 0 Å². The third kappa shape index (κ3) is 3.52. The summed E-state index contributed by atoms with van der Waals surface area (Å²) in [6.07, 6.45) is 3.39. The van der Waals surface area contributed by atoms with E-state index in [0.29, 0.717) is 5.84 Å². The highest BCUT2D eigenvalue weighted by molar-refractivity contribution is 5.97. The van der Waals surface area contributed by atoms with Crippen molar-refractivity contribution in [1.82, 2.24) is 5.32 Å². The van der Waals surface area contributed by atoms with Gasteiger partial charge in [0.05, 0.1) is 4.92 Å². The largest absolute Gasteiger partial charge is 0.347 e. The van der Waals surface area contributed by atoms with E-state index in [1.807, 2.05) is 30.3 Å². The van der Waals surface area contributed by atoms with E-state index in [1.54, 1.807) is 24.4 Å². The maximum absolute atomic E-state index is 10.5. The average Bonchev–Trinajstić information content (AvgIpc) is 2.48. The Morgan fingerprint density at radius 1 is 1.10 bits per heavy atom. The number of hydrogen-bond acceptors (Lipinski definition) is 3. The third-order valence-corrected chi connectivity index (χ3v) is 2.67. The predicted molar refractivity (Wildman–Crippen MR) is 78.5 cm³/mol. The van der Waals surface area contributed by atoms with Crippen LogP contribution in [-0.4, -0.2) is 10.8 Å². The van der Waals surface area contributed by atoms with Gasteiger partial charge >= 0.3 is 0 Å². The van der Waals surface area contributed by atoms with Crippen molar-refractivity contribution in [1.29, 1.82) is 5.41 Å². The Morgan fingerprint density at radius 3 is 2.35 bits per heavy atom. The molecule has 2 aromatic rings. The summed E-state index contributed by atoms with van der Waals surface area (Å²) in [7, 11) is 0. The predicted octanol–water partition coefficient (Wildman–Crippen LogP) is 3.18. The fourth-order valence-electron chi connectivity index (χ4n) is 1.62. The van der Waals surface area contributed by atoms with Gasteiger partial charge in [-0.1, -0.05) is 30.3 Å². The topological polar surface area (TPSA) is 79.0 Å². The number of nitro benzene ring substituents is 1. The minimum Gasteiger partial charge on any atom is -0.347 e. The van der Waals surface area contributed by atoms with Crippen LogP contribution in [-0.2, 0) is 0 Å². The van der Waals surface area contributed by atoms with Gasteiger partial charge in [-0.2, -0.15) is 0 Å². The summed E-state index contributed by atoms with van der Waals surface area (Å²) in [6, 6.07) is 15.5. The zero-order valence-corrected chi connectivity index (χ0v) is 10.6. The molecule has 0 saturated carbocycles.